The van der Waals surface area contributed by atoms with Crippen molar-refractivity contribution < 1.29 is 9.59 Å². The number of hydrogen-bond donors (Lipinski definition) is 1. The van der Waals surface area contributed by atoms with E-state index in [1.54, 1.807) is 7.05 Å². The first-order chi connectivity index (χ1) is 9.10. The third-order valence-electron chi connectivity index (χ3n) is 3.44. The van der Waals surface area contributed by atoms with Crippen LogP contribution >= 0.6 is 27.3 Å². The number of carbonyl (C=O) groups excluding carboxylic acids is 2. The van der Waals surface area contributed by atoms with Gasteiger partial charge in [0, 0.05) is 26.6 Å². The summed E-state index contributed by atoms with van der Waals surface area (Å²) in [6.45, 7) is 1.49. The Balaban J connectivity index is 1.86. The fourth-order valence-electron chi connectivity index (χ4n) is 2.29. The summed E-state index contributed by atoms with van der Waals surface area (Å²) in [6.07, 6.45) is 2.39. The molecule has 0 aromatic carbocycles. The number of likely N-dealkylation sites (tertiary alicyclic amines) is 1. The standard InChI is InChI=1S/C13H17BrN2O2S/c1-15-12(17)8-9-4-6-16(7-5-9)13(18)10-2-3-11(14)19-10/h2-3,9H,4-8H2,1H3,(H,15,17). The molecule has 0 bridgehead atoms. The van der Waals surface area contributed by atoms with Gasteiger partial charge >= 0.3 is 0 Å². The maximum absolute atomic E-state index is 12.2. The zero-order chi connectivity index (χ0) is 13.8. The van der Waals surface area contributed by atoms with Crippen molar-refractivity contribution in [2.75, 3.05) is 20.1 Å². The van der Waals surface area contributed by atoms with Crippen molar-refractivity contribution in [3.8, 4) is 0 Å². The molecule has 2 heterocycles. The second-order valence-corrected chi connectivity index (χ2v) is 7.18. The van der Waals surface area contributed by atoms with Crippen LogP contribution in [0.5, 0.6) is 0 Å². The molecule has 0 atom stereocenters. The lowest BCUT2D eigenvalue weighted by molar-refractivity contribution is -0.121. The van der Waals surface area contributed by atoms with Gasteiger partial charge in [0.15, 0.2) is 0 Å². The van der Waals surface area contributed by atoms with E-state index in [-0.39, 0.29) is 11.8 Å². The van der Waals surface area contributed by atoms with Gasteiger partial charge in [-0.15, -0.1) is 11.3 Å². The van der Waals surface area contributed by atoms with E-state index in [4.69, 9.17) is 0 Å². The quantitative estimate of drug-likeness (QED) is 0.915. The first-order valence-corrected chi connectivity index (χ1v) is 7.96. The summed E-state index contributed by atoms with van der Waals surface area (Å²) in [5.41, 5.74) is 0. The maximum atomic E-state index is 12.2. The molecule has 0 aliphatic carbocycles. The number of piperidine rings is 1. The number of nitrogens with zero attached hydrogens (tertiary/aromatic N) is 1. The Morgan fingerprint density at radius 3 is 2.63 bits per heavy atom. The van der Waals surface area contributed by atoms with Crippen LogP contribution in [-0.2, 0) is 4.79 Å². The first kappa shape index (κ1) is 14.5. The topological polar surface area (TPSA) is 49.4 Å². The molecule has 0 radical (unpaired) electrons. The lowest BCUT2D eigenvalue weighted by Crippen LogP contribution is -2.39. The molecule has 0 saturated carbocycles. The smallest absolute Gasteiger partial charge is 0.263 e. The van der Waals surface area contributed by atoms with Crippen molar-refractivity contribution in [3.63, 3.8) is 0 Å². The summed E-state index contributed by atoms with van der Waals surface area (Å²) in [5, 5.41) is 2.65. The van der Waals surface area contributed by atoms with Crippen LogP contribution in [0.3, 0.4) is 0 Å². The van der Waals surface area contributed by atoms with Crippen molar-refractivity contribution in [3.05, 3.63) is 20.8 Å². The van der Waals surface area contributed by atoms with E-state index >= 15 is 0 Å². The second-order valence-electron chi connectivity index (χ2n) is 4.72. The third-order valence-corrected chi connectivity index (χ3v) is 5.05. The monoisotopic (exact) mass is 344 g/mol. The predicted octanol–water partition coefficient (Wildman–Crippen LogP) is 2.50. The Bertz CT molecular complexity index is 467. The van der Waals surface area contributed by atoms with Crippen LogP contribution < -0.4 is 5.32 Å². The largest absolute Gasteiger partial charge is 0.359 e. The Morgan fingerprint density at radius 1 is 1.42 bits per heavy atom. The van der Waals surface area contributed by atoms with Crippen LogP contribution in [-0.4, -0.2) is 36.9 Å². The molecule has 1 aromatic heterocycles. The van der Waals surface area contributed by atoms with Crippen molar-refractivity contribution in [1.82, 2.24) is 10.2 Å². The molecule has 4 nitrogen and oxygen atoms in total. The SMILES string of the molecule is CNC(=O)CC1CCN(C(=O)c2ccc(Br)s2)CC1. The number of hydrogen-bond acceptors (Lipinski definition) is 3. The number of halogens is 1. The van der Waals surface area contributed by atoms with Gasteiger partial charge in [-0.25, -0.2) is 0 Å². The average Bonchev–Trinajstić information content (AvgIpc) is 2.85. The molecule has 6 heteroatoms. The molecular weight excluding hydrogens is 328 g/mol. The molecule has 19 heavy (non-hydrogen) atoms. The molecule has 2 amide bonds. The number of nitrogens with one attached hydrogen (secondary N) is 1. The van der Waals surface area contributed by atoms with Crippen LogP contribution in [0.25, 0.3) is 0 Å². The first-order valence-electron chi connectivity index (χ1n) is 6.35. The van der Waals surface area contributed by atoms with Crippen LogP contribution in [0.15, 0.2) is 15.9 Å². The summed E-state index contributed by atoms with van der Waals surface area (Å²) in [4.78, 5) is 26.2. The van der Waals surface area contributed by atoms with Gasteiger partial charge in [0.2, 0.25) is 5.91 Å². The van der Waals surface area contributed by atoms with Crippen LogP contribution in [0.2, 0.25) is 0 Å². The normalized spacial score (nSPS) is 16.4. The van der Waals surface area contributed by atoms with Crippen molar-refractivity contribution >= 4 is 39.1 Å². The van der Waals surface area contributed by atoms with Gasteiger partial charge < -0.3 is 10.2 Å². The molecule has 1 aromatic rings. The molecule has 1 saturated heterocycles. The average molecular weight is 345 g/mol. The van der Waals surface area contributed by atoms with Gasteiger partial charge in [0.1, 0.15) is 0 Å². The molecule has 1 N–H and O–H groups in total. The molecule has 0 spiro atoms. The van der Waals surface area contributed by atoms with Crippen molar-refractivity contribution in [1.29, 1.82) is 0 Å². The van der Waals surface area contributed by atoms with Crippen molar-refractivity contribution in [2.45, 2.75) is 19.3 Å². The predicted molar refractivity (Wildman–Crippen MR) is 79.3 cm³/mol. The molecule has 2 rings (SSSR count). The van der Waals surface area contributed by atoms with Crippen LogP contribution in [0.1, 0.15) is 28.9 Å². The van der Waals surface area contributed by atoms with Crippen LogP contribution in [0, 0.1) is 5.92 Å². The van der Waals surface area contributed by atoms with E-state index in [0.717, 1.165) is 34.6 Å². The summed E-state index contributed by atoms with van der Waals surface area (Å²) < 4.78 is 0.977. The fourth-order valence-corrected chi connectivity index (χ4v) is 3.64. The second kappa shape index (κ2) is 6.52. The van der Waals surface area contributed by atoms with E-state index < -0.39 is 0 Å². The number of rotatable bonds is 3. The minimum Gasteiger partial charge on any atom is -0.359 e. The summed E-state index contributed by atoms with van der Waals surface area (Å²) >= 11 is 4.84. The van der Waals surface area contributed by atoms with Gasteiger partial charge in [-0.3, -0.25) is 9.59 Å². The lowest BCUT2D eigenvalue weighted by Gasteiger charge is -2.31. The highest BCUT2D eigenvalue weighted by Gasteiger charge is 2.25. The number of amides is 2. The molecule has 0 unspecified atom stereocenters. The highest BCUT2D eigenvalue weighted by molar-refractivity contribution is 9.11. The zero-order valence-corrected chi connectivity index (χ0v) is 13.2. The van der Waals surface area contributed by atoms with E-state index in [9.17, 15) is 9.59 Å². The summed E-state index contributed by atoms with van der Waals surface area (Å²) in [6, 6.07) is 3.75. The van der Waals surface area contributed by atoms with E-state index in [0.29, 0.717) is 12.3 Å². The minimum atomic E-state index is 0.0898. The summed E-state index contributed by atoms with van der Waals surface area (Å²) in [7, 11) is 1.66. The van der Waals surface area contributed by atoms with E-state index in [1.165, 1.54) is 11.3 Å². The highest BCUT2D eigenvalue weighted by atomic mass is 79.9. The number of thiophene rings is 1. The highest BCUT2D eigenvalue weighted by Crippen LogP contribution is 2.26. The van der Waals surface area contributed by atoms with Crippen LogP contribution in [0.4, 0.5) is 0 Å². The van der Waals surface area contributed by atoms with E-state index in [1.807, 2.05) is 17.0 Å². The number of carbonyl (C=O) groups is 2. The lowest BCUT2D eigenvalue weighted by atomic mass is 9.93. The van der Waals surface area contributed by atoms with E-state index in [2.05, 4.69) is 21.2 Å². The Kier molecular flexibility index (Phi) is 4.99. The Hall–Kier alpha value is -0.880. The molecular formula is C13H17BrN2O2S. The Morgan fingerprint density at radius 2 is 2.11 bits per heavy atom. The summed E-state index contributed by atoms with van der Waals surface area (Å²) in [5.74, 6) is 0.597. The minimum absolute atomic E-state index is 0.0898. The van der Waals surface area contributed by atoms with Gasteiger partial charge in [-0.05, 0) is 46.8 Å². The fraction of sp³-hybridized carbons (Fsp3) is 0.538. The molecule has 104 valence electrons. The van der Waals surface area contributed by atoms with Crippen molar-refractivity contribution in [2.24, 2.45) is 5.92 Å². The molecule has 1 aliphatic rings. The van der Waals surface area contributed by atoms with Gasteiger partial charge in [-0.1, -0.05) is 0 Å². The van der Waals surface area contributed by atoms with Gasteiger partial charge in [0.05, 0.1) is 8.66 Å². The Labute approximate surface area is 125 Å². The maximum Gasteiger partial charge on any atom is 0.263 e. The molecule has 1 aliphatic heterocycles. The molecule has 1 fully saturated rings. The third kappa shape index (κ3) is 3.79. The zero-order valence-electron chi connectivity index (χ0n) is 10.8. The van der Waals surface area contributed by atoms with Gasteiger partial charge in [-0.2, -0.15) is 0 Å². The van der Waals surface area contributed by atoms with Gasteiger partial charge in [0.25, 0.3) is 5.91 Å².